The van der Waals surface area contributed by atoms with Crippen LogP contribution in [0.4, 0.5) is 0 Å². The molecule has 2 nitrogen and oxygen atoms in total. The molecular formula is C29H48O2. The summed E-state index contributed by atoms with van der Waals surface area (Å²) in [7, 11) is 0. The molecule has 0 heterocycles. The van der Waals surface area contributed by atoms with E-state index in [2.05, 4.69) is 47.3 Å². The highest BCUT2D eigenvalue weighted by Crippen LogP contribution is 2.67. The maximum Gasteiger partial charge on any atom is 0.0913 e. The van der Waals surface area contributed by atoms with E-state index >= 15 is 0 Å². The van der Waals surface area contributed by atoms with E-state index in [1.807, 2.05) is 6.92 Å². The van der Waals surface area contributed by atoms with Gasteiger partial charge < -0.3 is 10.2 Å². The third-order valence-electron chi connectivity index (χ3n) is 11.1. The van der Waals surface area contributed by atoms with E-state index in [1.54, 1.807) is 5.57 Å². The molecule has 9 atom stereocenters. The van der Waals surface area contributed by atoms with Crippen LogP contribution >= 0.6 is 0 Å². The molecule has 0 aliphatic heterocycles. The molecule has 3 fully saturated rings. The van der Waals surface area contributed by atoms with Crippen molar-refractivity contribution in [2.75, 3.05) is 0 Å². The zero-order valence-electron chi connectivity index (χ0n) is 21.1. The Bertz CT molecular complexity index is 733. The van der Waals surface area contributed by atoms with Gasteiger partial charge in [0.2, 0.25) is 0 Å². The highest BCUT2D eigenvalue weighted by atomic mass is 16.3. The van der Waals surface area contributed by atoms with Gasteiger partial charge in [0.1, 0.15) is 0 Å². The van der Waals surface area contributed by atoms with Crippen LogP contribution in [0.15, 0.2) is 23.8 Å². The van der Waals surface area contributed by atoms with Crippen LogP contribution in [-0.2, 0) is 0 Å². The van der Waals surface area contributed by atoms with Crippen molar-refractivity contribution in [3.63, 3.8) is 0 Å². The smallest absolute Gasteiger partial charge is 0.0913 e. The number of hydrogen-bond donors (Lipinski definition) is 2. The lowest BCUT2D eigenvalue weighted by Gasteiger charge is -2.61. The summed E-state index contributed by atoms with van der Waals surface area (Å²) in [6, 6.07) is 0. The minimum absolute atomic E-state index is 0.132. The van der Waals surface area contributed by atoms with Crippen molar-refractivity contribution in [2.45, 2.75) is 111 Å². The average Bonchev–Trinajstić information content (AvgIpc) is 3.06. The molecular weight excluding hydrogens is 380 g/mol. The molecule has 3 saturated carbocycles. The highest BCUT2D eigenvalue weighted by Gasteiger charge is 2.61. The number of rotatable bonds is 5. The lowest BCUT2D eigenvalue weighted by atomic mass is 9.45. The van der Waals surface area contributed by atoms with Crippen LogP contribution in [-0.4, -0.2) is 21.9 Å². The van der Waals surface area contributed by atoms with Gasteiger partial charge in [-0.25, -0.2) is 0 Å². The second kappa shape index (κ2) is 8.01. The Hall–Kier alpha value is -0.600. The van der Waals surface area contributed by atoms with E-state index in [-0.39, 0.29) is 11.3 Å². The summed E-state index contributed by atoms with van der Waals surface area (Å²) in [4.78, 5) is 0. The van der Waals surface area contributed by atoms with Gasteiger partial charge in [-0.05, 0) is 111 Å². The summed E-state index contributed by atoms with van der Waals surface area (Å²) in [5.41, 5.74) is 2.76. The summed E-state index contributed by atoms with van der Waals surface area (Å²) in [6.45, 7) is 18.3. The molecule has 2 N–H and O–H groups in total. The molecule has 4 rings (SSSR count). The molecule has 0 bridgehead atoms. The number of fused-ring (bicyclic) bond motifs is 5. The van der Waals surface area contributed by atoms with Crippen molar-refractivity contribution in [1.82, 2.24) is 0 Å². The zero-order chi connectivity index (χ0) is 22.8. The van der Waals surface area contributed by atoms with Crippen molar-refractivity contribution in [3.8, 4) is 0 Å². The molecule has 0 radical (unpaired) electrons. The molecule has 0 aromatic rings. The molecule has 176 valence electrons. The van der Waals surface area contributed by atoms with Gasteiger partial charge in [0.25, 0.3) is 0 Å². The monoisotopic (exact) mass is 428 g/mol. The summed E-state index contributed by atoms with van der Waals surface area (Å²) in [6.07, 6.45) is 12.5. The summed E-state index contributed by atoms with van der Waals surface area (Å²) < 4.78 is 0. The largest absolute Gasteiger partial charge is 0.390 e. The standard InChI is InChI=1S/C29H48O2/c1-18(2)19(3)8-9-20(4)22-11-12-23-21-10-13-25-28(6,17-15-26(30)29(25,7)31)24(21)14-16-27(22,23)5/h10,18,20,22-26,30-31H,3,8-9,11-17H2,1-2,4-7H3/t20-,22-,23+,24-,25-,26+,27-,28-,29-/m1/s1. The van der Waals surface area contributed by atoms with Crippen LogP contribution < -0.4 is 0 Å². The van der Waals surface area contributed by atoms with Gasteiger partial charge >= 0.3 is 0 Å². The Kier molecular flexibility index (Phi) is 6.09. The molecule has 4 aliphatic carbocycles. The lowest BCUT2D eigenvalue weighted by molar-refractivity contribution is -0.184. The van der Waals surface area contributed by atoms with Crippen LogP contribution in [0.2, 0.25) is 0 Å². The average molecular weight is 429 g/mol. The maximum absolute atomic E-state index is 11.2. The Morgan fingerprint density at radius 3 is 2.35 bits per heavy atom. The topological polar surface area (TPSA) is 40.5 Å². The quantitative estimate of drug-likeness (QED) is 0.467. The van der Waals surface area contributed by atoms with Gasteiger partial charge in [-0.15, -0.1) is 0 Å². The number of aliphatic hydroxyl groups is 2. The Morgan fingerprint density at radius 1 is 1.03 bits per heavy atom. The van der Waals surface area contributed by atoms with E-state index in [0.29, 0.717) is 17.3 Å². The van der Waals surface area contributed by atoms with Gasteiger partial charge in [0, 0.05) is 0 Å². The van der Waals surface area contributed by atoms with Crippen molar-refractivity contribution in [1.29, 1.82) is 0 Å². The summed E-state index contributed by atoms with van der Waals surface area (Å²) in [5.74, 6) is 3.68. The van der Waals surface area contributed by atoms with E-state index in [9.17, 15) is 10.2 Å². The van der Waals surface area contributed by atoms with Gasteiger partial charge in [-0.1, -0.05) is 58.4 Å². The molecule has 0 unspecified atom stereocenters. The number of hydrogen-bond acceptors (Lipinski definition) is 2. The molecule has 0 saturated heterocycles. The first-order chi connectivity index (χ1) is 14.4. The fourth-order valence-electron chi connectivity index (χ4n) is 8.86. The molecule has 0 amide bonds. The molecule has 4 aliphatic rings. The van der Waals surface area contributed by atoms with Gasteiger partial charge in [0.15, 0.2) is 0 Å². The van der Waals surface area contributed by atoms with Crippen LogP contribution in [0.3, 0.4) is 0 Å². The zero-order valence-corrected chi connectivity index (χ0v) is 21.1. The number of allylic oxidation sites excluding steroid dienone is 3. The second-order valence-electron chi connectivity index (χ2n) is 12.9. The highest BCUT2D eigenvalue weighted by molar-refractivity contribution is 5.29. The van der Waals surface area contributed by atoms with E-state index in [0.717, 1.165) is 37.0 Å². The van der Waals surface area contributed by atoms with Crippen molar-refractivity contribution in [2.24, 2.45) is 46.3 Å². The fraction of sp³-hybridized carbons (Fsp3) is 0.862. The molecule has 0 spiro atoms. The van der Waals surface area contributed by atoms with Gasteiger partial charge in [-0.2, -0.15) is 0 Å². The first-order valence-corrected chi connectivity index (χ1v) is 13.2. The normalized spacial score (nSPS) is 47.9. The Morgan fingerprint density at radius 2 is 1.68 bits per heavy atom. The minimum Gasteiger partial charge on any atom is -0.390 e. The van der Waals surface area contributed by atoms with Crippen LogP contribution in [0.1, 0.15) is 99.3 Å². The van der Waals surface area contributed by atoms with E-state index in [4.69, 9.17) is 0 Å². The minimum atomic E-state index is -0.957. The van der Waals surface area contributed by atoms with Crippen molar-refractivity contribution >= 4 is 0 Å². The third kappa shape index (κ3) is 3.59. The molecule has 2 heteroatoms. The van der Waals surface area contributed by atoms with Crippen molar-refractivity contribution < 1.29 is 10.2 Å². The fourth-order valence-corrected chi connectivity index (χ4v) is 8.86. The van der Waals surface area contributed by atoms with Crippen LogP contribution in [0.5, 0.6) is 0 Å². The SMILES string of the molecule is C=C(CC[C@@H](C)[C@H]1CC[C@H]2C3=CC[C@H]4[C@@](C)(O)[C@@H](O)CC[C@]4(C)[C@@H]3CC[C@]12C)C(C)C. The predicted molar refractivity (Wildman–Crippen MR) is 130 cm³/mol. The first kappa shape index (κ1) is 23.6. The van der Waals surface area contributed by atoms with Crippen LogP contribution in [0, 0.1) is 46.3 Å². The van der Waals surface area contributed by atoms with Gasteiger partial charge in [-0.3, -0.25) is 0 Å². The molecule has 31 heavy (non-hydrogen) atoms. The van der Waals surface area contributed by atoms with Crippen LogP contribution in [0.25, 0.3) is 0 Å². The second-order valence-corrected chi connectivity index (χ2v) is 12.9. The predicted octanol–water partition coefficient (Wildman–Crippen LogP) is 6.92. The lowest BCUT2D eigenvalue weighted by Crippen LogP contribution is -2.60. The van der Waals surface area contributed by atoms with Crippen molar-refractivity contribution in [3.05, 3.63) is 23.8 Å². The Labute approximate surface area is 191 Å². The third-order valence-corrected chi connectivity index (χ3v) is 11.1. The maximum atomic E-state index is 11.2. The molecule has 0 aromatic carbocycles. The summed E-state index contributed by atoms with van der Waals surface area (Å²) >= 11 is 0. The number of aliphatic hydroxyl groups excluding tert-OH is 1. The Balaban J connectivity index is 1.54. The summed E-state index contributed by atoms with van der Waals surface area (Å²) in [5, 5.41) is 21.7. The van der Waals surface area contributed by atoms with E-state index in [1.165, 1.54) is 44.1 Å². The van der Waals surface area contributed by atoms with Gasteiger partial charge in [0.05, 0.1) is 11.7 Å². The first-order valence-electron chi connectivity index (χ1n) is 13.2. The van der Waals surface area contributed by atoms with E-state index < -0.39 is 11.7 Å². The molecule has 0 aromatic heterocycles.